The first kappa shape index (κ1) is 10.9. The lowest BCUT2D eigenvalue weighted by atomic mass is 10.4. The van der Waals surface area contributed by atoms with Crippen LogP contribution in [0.15, 0.2) is 34.1 Å². The van der Waals surface area contributed by atoms with Gasteiger partial charge in [-0.2, -0.15) is 0 Å². The van der Waals surface area contributed by atoms with Gasteiger partial charge >= 0.3 is 0 Å². The van der Waals surface area contributed by atoms with Gasteiger partial charge in [-0.25, -0.2) is 8.42 Å². The lowest BCUT2D eigenvalue weighted by Crippen LogP contribution is -2.02. The Morgan fingerprint density at radius 1 is 1.31 bits per heavy atom. The second-order valence-electron chi connectivity index (χ2n) is 2.47. The van der Waals surface area contributed by atoms with Crippen LogP contribution in [0.2, 0.25) is 0 Å². The van der Waals surface area contributed by atoms with Crippen LogP contribution in [0.25, 0.3) is 0 Å². The molecule has 0 atom stereocenters. The van der Waals surface area contributed by atoms with Crippen LogP contribution in [-0.2, 0) is 9.84 Å². The quantitative estimate of drug-likeness (QED) is 0.644. The average Bonchev–Trinajstić information content (AvgIpc) is 2.18. The molecule has 0 amide bonds. The van der Waals surface area contributed by atoms with Crippen LogP contribution in [0.4, 0.5) is 0 Å². The van der Waals surface area contributed by atoms with Crippen LogP contribution >= 0.6 is 22.5 Å². The van der Waals surface area contributed by atoms with Crippen LogP contribution in [-0.4, -0.2) is 14.2 Å². The lowest BCUT2D eigenvalue weighted by Gasteiger charge is -2.01. The molecule has 13 heavy (non-hydrogen) atoms. The highest BCUT2D eigenvalue weighted by molar-refractivity contribution is 8.68. The van der Waals surface area contributed by atoms with E-state index in [0.717, 1.165) is 4.90 Å². The van der Waals surface area contributed by atoms with E-state index in [0.29, 0.717) is 4.90 Å². The van der Waals surface area contributed by atoms with Crippen molar-refractivity contribution in [1.29, 1.82) is 0 Å². The summed E-state index contributed by atoms with van der Waals surface area (Å²) in [5.41, 5.74) is 0. The topological polar surface area (TPSA) is 34.1 Å². The molecule has 0 radical (unpaired) electrons. The van der Waals surface area contributed by atoms with E-state index in [4.69, 9.17) is 0 Å². The average molecular weight is 234 g/mol. The summed E-state index contributed by atoms with van der Waals surface area (Å²) in [6.07, 6.45) is 0. The summed E-state index contributed by atoms with van der Waals surface area (Å²) in [6, 6.07) is 6.72. The second-order valence-corrected chi connectivity index (χ2v) is 5.95. The fourth-order valence-corrected chi connectivity index (χ4v) is 2.38. The zero-order chi connectivity index (χ0) is 9.90. The molecule has 0 aliphatic rings. The molecule has 1 rings (SSSR count). The number of sulfone groups is 1. The molecular weight excluding hydrogens is 224 g/mol. The number of hydrogen-bond donors (Lipinski definition) is 1. The Morgan fingerprint density at radius 3 is 2.23 bits per heavy atom. The molecule has 0 heterocycles. The SMILES string of the molecule is CCS(=O)(=O)c1ccc(SS)cc1. The lowest BCUT2D eigenvalue weighted by molar-refractivity contribution is 0.597. The van der Waals surface area contributed by atoms with Gasteiger partial charge in [0.15, 0.2) is 9.84 Å². The van der Waals surface area contributed by atoms with Crippen molar-refractivity contribution in [3.05, 3.63) is 24.3 Å². The maximum Gasteiger partial charge on any atom is 0.178 e. The molecule has 72 valence electrons. The standard InChI is InChI=1S/C8H10O2S3/c1-2-13(9,10)8-5-3-7(12-11)4-6-8/h3-6,11H,2H2,1H3. The number of thiol groups is 1. The van der Waals surface area contributed by atoms with Gasteiger partial charge in [0, 0.05) is 4.90 Å². The molecule has 1 aromatic carbocycles. The van der Waals surface area contributed by atoms with Crippen LogP contribution in [0.5, 0.6) is 0 Å². The van der Waals surface area contributed by atoms with Gasteiger partial charge in [-0.3, -0.25) is 0 Å². The number of rotatable bonds is 3. The van der Waals surface area contributed by atoms with Crippen molar-refractivity contribution in [2.45, 2.75) is 16.7 Å². The molecule has 5 heteroatoms. The van der Waals surface area contributed by atoms with E-state index >= 15 is 0 Å². The smallest absolute Gasteiger partial charge is 0.178 e. The van der Waals surface area contributed by atoms with Crippen molar-refractivity contribution in [3.8, 4) is 0 Å². The molecule has 0 aromatic heterocycles. The molecule has 0 bridgehead atoms. The fraction of sp³-hybridized carbons (Fsp3) is 0.250. The van der Waals surface area contributed by atoms with E-state index in [1.165, 1.54) is 10.8 Å². The minimum Gasteiger partial charge on any atom is -0.224 e. The molecule has 1 aromatic rings. The Labute approximate surface area is 87.5 Å². The zero-order valence-electron chi connectivity index (χ0n) is 7.10. The summed E-state index contributed by atoms with van der Waals surface area (Å²) in [6.45, 7) is 1.64. The summed E-state index contributed by atoms with van der Waals surface area (Å²) in [5, 5.41) is 0. The molecule has 0 unspecified atom stereocenters. The van der Waals surface area contributed by atoms with Crippen molar-refractivity contribution in [2.24, 2.45) is 0 Å². The molecule has 0 aliphatic heterocycles. The van der Waals surface area contributed by atoms with E-state index in [-0.39, 0.29) is 5.75 Å². The van der Waals surface area contributed by atoms with E-state index in [1.54, 1.807) is 31.2 Å². The first-order valence-electron chi connectivity index (χ1n) is 3.74. The third-order valence-electron chi connectivity index (χ3n) is 1.67. The van der Waals surface area contributed by atoms with Crippen molar-refractivity contribution in [3.63, 3.8) is 0 Å². The van der Waals surface area contributed by atoms with Gasteiger partial charge in [-0.15, -0.1) is 11.7 Å². The molecular formula is C8H10O2S3. The van der Waals surface area contributed by atoms with Crippen LogP contribution in [0.1, 0.15) is 6.92 Å². The Balaban J connectivity index is 3.06. The Bertz CT molecular complexity index is 367. The fourth-order valence-electron chi connectivity index (χ4n) is 0.875. The minimum atomic E-state index is -3.06. The van der Waals surface area contributed by atoms with Gasteiger partial charge in [0.25, 0.3) is 0 Å². The monoisotopic (exact) mass is 234 g/mol. The van der Waals surface area contributed by atoms with Crippen molar-refractivity contribution < 1.29 is 8.42 Å². The van der Waals surface area contributed by atoms with Crippen molar-refractivity contribution >= 4 is 32.3 Å². The summed E-state index contributed by atoms with van der Waals surface area (Å²) < 4.78 is 22.7. The molecule has 0 fully saturated rings. The van der Waals surface area contributed by atoms with Gasteiger partial charge in [0.1, 0.15) is 0 Å². The maximum atomic E-state index is 11.4. The van der Waals surface area contributed by atoms with Gasteiger partial charge in [-0.1, -0.05) is 17.7 Å². The van der Waals surface area contributed by atoms with E-state index < -0.39 is 9.84 Å². The van der Waals surface area contributed by atoms with Gasteiger partial charge in [-0.05, 0) is 24.3 Å². The first-order valence-corrected chi connectivity index (χ1v) is 7.26. The van der Waals surface area contributed by atoms with E-state index in [2.05, 4.69) is 11.7 Å². The highest BCUT2D eigenvalue weighted by Gasteiger charge is 2.10. The third kappa shape index (κ3) is 2.65. The summed E-state index contributed by atoms with van der Waals surface area (Å²) in [4.78, 5) is 1.32. The third-order valence-corrected chi connectivity index (χ3v) is 4.53. The Kier molecular flexibility index (Phi) is 3.70. The highest BCUT2D eigenvalue weighted by Crippen LogP contribution is 2.22. The second kappa shape index (κ2) is 4.39. The highest BCUT2D eigenvalue weighted by atomic mass is 33.1. The number of hydrogen-bond acceptors (Lipinski definition) is 4. The van der Waals surface area contributed by atoms with Gasteiger partial charge in [0.2, 0.25) is 0 Å². The molecule has 2 nitrogen and oxygen atoms in total. The summed E-state index contributed by atoms with van der Waals surface area (Å²) >= 11 is 4.01. The molecule has 0 N–H and O–H groups in total. The summed E-state index contributed by atoms with van der Waals surface area (Å²) in [5.74, 6) is 0.139. The molecule has 0 saturated heterocycles. The Hall–Kier alpha value is -0.130. The zero-order valence-corrected chi connectivity index (χ0v) is 9.62. The minimum absolute atomic E-state index is 0.139. The van der Waals surface area contributed by atoms with Crippen LogP contribution in [0, 0.1) is 0 Å². The Morgan fingerprint density at radius 2 is 1.85 bits per heavy atom. The normalized spacial score (nSPS) is 11.5. The first-order chi connectivity index (χ1) is 6.10. The predicted octanol–water partition coefficient (Wildman–Crippen LogP) is 2.42. The molecule has 0 spiro atoms. The maximum absolute atomic E-state index is 11.4. The van der Waals surface area contributed by atoms with Crippen LogP contribution < -0.4 is 0 Å². The van der Waals surface area contributed by atoms with E-state index in [9.17, 15) is 8.42 Å². The summed E-state index contributed by atoms with van der Waals surface area (Å²) in [7, 11) is -1.76. The largest absolute Gasteiger partial charge is 0.224 e. The van der Waals surface area contributed by atoms with E-state index in [1.807, 2.05) is 0 Å². The van der Waals surface area contributed by atoms with Crippen LogP contribution in [0.3, 0.4) is 0 Å². The van der Waals surface area contributed by atoms with Gasteiger partial charge < -0.3 is 0 Å². The predicted molar refractivity (Wildman–Crippen MR) is 59.0 cm³/mol. The van der Waals surface area contributed by atoms with Crippen molar-refractivity contribution in [1.82, 2.24) is 0 Å². The number of benzene rings is 1. The van der Waals surface area contributed by atoms with Crippen molar-refractivity contribution in [2.75, 3.05) is 5.75 Å². The van der Waals surface area contributed by atoms with Gasteiger partial charge in [0.05, 0.1) is 10.6 Å². The molecule has 0 saturated carbocycles. The molecule has 0 aliphatic carbocycles.